The molecule has 248 valence electrons. The topological polar surface area (TPSA) is 113 Å². The number of benzene rings is 5. The predicted molar refractivity (Wildman–Crippen MR) is 206 cm³/mol. The van der Waals surface area contributed by atoms with Crippen LogP contribution < -0.4 is 0 Å². The number of nitrogens with zero attached hydrogens (tertiary/aromatic N) is 8. The SMILES string of the molecule is [C-]#[N+]C1=C(c2ccccc2)/C(=C(/C#N)c2cc([N+]#[C-])cc([N+]#[C-])c2)c2cc3c(cc21)/C(=C(\[N+]#[C-])c1cc(C#N)cc(C#N)c1)C(c1ccc(F)cc1)=C3C#N. The van der Waals surface area contributed by atoms with Crippen LogP contribution in [0.2, 0.25) is 0 Å². The third-order valence-corrected chi connectivity index (χ3v) is 9.25. The van der Waals surface area contributed by atoms with Crippen molar-refractivity contribution in [3.63, 3.8) is 0 Å². The quantitative estimate of drug-likeness (QED) is 0.137. The Kier molecular flexibility index (Phi) is 8.69. The van der Waals surface area contributed by atoms with Gasteiger partial charge in [-0.25, -0.2) is 23.8 Å². The Morgan fingerprint density at radius 3 is 1.69 bits per heavy atom. The van der Waals surface area contributed by atoms with Gasteiger partial charge in [0, 0.05) is 0 Å². The first-order chi connectivity index (χ1) is 26.8. The van der Waals surface area contributed by atoms with Crippen LogP contribution in [0.3, 0.4) is 0 Å². The predicted octanol–water partition coefficient (Wildman–Crippen LogP) is 11.1. The Labute approximate surface area is 315 Å². The van der Waals surface area contributed by atoms with Crippen LogP contribution in [0.5, 0.6) is 0 Å². The summed E-state index contributed by atoms with van der Waals surface area (Å²) in [5, 5.41) is 41.2. The molecule has 55 heavy (non-hydrogen) atoms. The summed E-state index contributed by atoms with van der Waals surface area (Å²) in [5.41, 5.74) is 5.63. The van der Waals surface area contributed by atoms with Gasteiger partial charge < -0.3 is 0 Å². The summed E-state index contributed by atoms with van der Waals surface area (Å²) in [4.78, 5) is 14.9. The molecule has 0 atom stereocenters. The van der Waals surface area contributed by atoms with Gasteiger partial charge in [0.1, 0.15) is 18.0 Å². The average Bonchev–Trinajstić information content (AvgIpc) is 3.72. The number of hydrogen-bond donors (Lipinski definition) is 0. The van der Waals surface area contributed by atoms with E-state index in [2.05, 4.69) is 31.5 Å². The summed E-state index contributed by atoms with van der Waals surface area (Å²) in [5.74, 6) is -0.517. The van der Waals surface area contributed by atoms with Gasteiger partial charge in [0.25, 0.3) is 0 Å². The van der Waals surface area contributed by atoms with E-state index in [-0.39, 0.29) is 56.2 Å². The van der Waals surface area contributed by atoms with E-state index in [4.69, 9.17) is 26.3 Å². The third kappa shape index (κ3) is 5.66. The van der Waals surface area contributed by atoms with Gasteiger partial charge in [-0.1, -0.05) is 66.7 Å². The average molecular weight is 701 g/mol. The second kappa shape index (κ2) is 13.9. The molecule has 2 aliphatic rings. The minimum absolute atomic E-state index is 0.0186. The van der Waals surface area contributed by atoms with Crippen molar-refractivity contribution in [2.75, 3.05) is 0 Å². The lowest BCUT2D eigenvalue weighted by molar-refractivity contribution is 0.627. The van der Waals surface area contributed by atoms with E-state index in [1.165, 1.54) is 60.7 Å². The summed E-state index contributed by atoms with van der Waals surface area (Å²) < 4.78 is 14.3. The molecule has 0 saturated heterocycles. The Bertz CT molecular complexity index is 2990. The maximum Gasteiger partial charge on any atom is 0.203 e. The van der Waals surface area contributed by atoms with E-state index in [9.17, 15) is 25.4 Å². The number of nitriles is 4. The second-order valence-corrected chi connectivity index (χ2v) is 12.2. The summed E-state index contributed by atoms with van der Waals surface area (Å²) in [6.45, 7) is 32.1. The molecule has 8 nitrogen and oxygen atoms in total. The Morgan fingerprint density at radius 1 is 0.545 bits per heavy atom. The number of rotatable bonds is 4. The monoisotopic (exact) mass is 700 g/mol. The van der Waals surface area contributed by atoms with Crippen molar-refractivity contribution >= 4 is 56.2 Å². The fourth-order valence-electron chi connectivity index (χ4n) is 7.02. The van der Waals surface area contributed by atoms with Gasteiger partial charge in [-0.2, -0.15) is 21.0 Å². The minimum atomic E-state index is -0.517. The van der Waals surface area contributed by atoms with Gasteiger partial charge in [0.15, 0.2) is 11.4 Å². The van der Waals surface area contributed by atoms with Crippen molar-refractivity contribution in [2.24, 2.45) is 0 Å². The van der Waals surface area contributed by atoms with Crippen LogP contribution in [0.1, 0.15) is 55.6 Å². The summed E-state index contributed by atoms with van der Waals surface area (Å²) in [6.07, 6.45) is 0. The zero-order valence-electron chi connectivity index (χ0n) is 28.3. The minimum Gasteiger partial charge on any atom is -0.239 e. The van der Waals surface area contributed by atoms with Gasteiger partial charge >= 0.3 is 0 Å². The van der Waals surface area contributed by atoms with Gasteiger partial charge in [-0.15, -0.1) is 0 Å². The first-order valence-corrected chi connectivity index (χ1v) is 16.2. The molecule has 0 saturated carbocycles. The third-order valence-electron chi connectivity index (χ3n) is 9.25. The lowest BCUT2D eigenvalue weighted by atomic mass is 9.88. The Morgan fingerprint density at radius 2 is 1.15 bits per heavy atom. The smallest absolute Gasteiger partial charge is 0.203 e. The fourth-order valence-corrected chi connectivity index (χ4v) is 7.02. The number of halogens is 1. The van der Waals surface area contributed by atoms with E-state index < -0.39 is 5.82 Å². The Balaban J connectivity index is 1.66. The van der Waals surface area contributed by atoms with Crippen LogP contribution >= 0.6 is 0 Å². The van der Waals surface area contributed by atoms with Crippen LogP contribution in [-0.4, -0.2) is 0 Å². The van der Waals surface area contributed by atoms with E-state index in [1.807, 2.05) is 18.2 Å². The molecule has 9 heteroatoms. The van der Waals surface area contributed by atoms with Gasteiger partial charge in [-0.05, 0) is 103 Å². The van der Waals surface area contributed by atoms with Crippen molar-refractivity contribution in [1.29, 1.82) is 21.0 Å². The lowest BCUT2D eigenvalue weighted by Gasteiger charge is -2.15. The van der Waals surface area contributed by atoms with Crippen LogP contribution in [0.15, 0.2) is 103 Å². The van der Waals surface area contributed by atoms with Crippen LogP contribution in [0.4, 0.5) is 15.8 Å². The molecule has 0 radical (unpaired) electrons. The standard InChI is InChI=1S/C46H17FN8/c1-52-33-17-30(18-34(19-33)53-2)39(24-50)43-37-20-35-36(21-38(37)46(55-4)42(43)28-8-6-5-7-9-28)44(41(40(35)25-51)29-10-12-32(47)13-11-29)45(54-3)31-15-26(22-48)14-27(16-31)23-49/h5-21H/b43-39-,45-44+. The molecule has 2 aliphatic carbocycles. The molecular weight excluding hydrogens is 684 g/mol. The number of fused-ring (bicyclic) bond motifs is 2. The van der Waals surface area contributed by atoms with E-state index >= 15 is 0 Å². The molecule has 0 fully saturated rings. The summed E-state index contributed by atoms with van der Waals surface area (Å²) >= 11 is 0. The fraction of sp³-hybridized carbons (Fsp3) is 0. The molecule has 0 amide bonds. The van der Waals surface area contributed by atoms with Gasteiger partial charge in [-0.3, -0.25) is 0 Å². The highest BCUT2D eigenvalue weighted by atomic mass is 19.1. The summed E-state index contributed by atoms with van der Waals surface area (Å²) in [6, 6.07) is 35.3. The largest absolute Gasteiger partial charge is 0.239 e. The van der Waals surface area contributed by atoms with Gasteiger partial charge in [0.05, 0.1) is 60.7 Å². The van der Waals surface area contributed by atoms with E-state index in [0.717, 1.165) is 0 Å². The number of allylic oxidation sites excluding steroid dienone is 6. The van der Waals surface area contributed by atoms with Crippen LogP contribution in [0.25, 0.3) is 64.2 Å². The Hall–Kier alpha value is -9.09. The first-order valence-electron chi connectivity index (χ1n) is 16.2. The maximum absolute atomic E-state index is 14.3. The highest BCUT2D eigenvalue weighted by molar-refractivity contribution is 6.33. The normalized spacial score (nSPS) is 14.1. The molecule has 0 bridgehead atoms. The molecule has 5 aromatic carbocycles. The van der Waals surface area contributed by atoms with Crippen molar-refractivity contribution in [1.82, 2.24) is 0 Å². The lowest BCUT2D eigenvalue weighted by Crippen LogP contribution is -1.96. The van der Waals surface area contributed by atoms with E-state index in [1.54, 1.807) is 36.4 Å². The molecule has 0 aromatic heterocycles. The highest BCUT2D eigenvalue weighted by Gasteiger charge is 2.37. The van der Waals surface area contributed by atoms with Crippen molar-refractivity contribution in [2.45, 2.75) is 0 Å². The van der Waals surface area contributed by atoms with Crippen molar-refractivity contribution < 1.29 is 4.39 Å². The van der Waals surface area contributed by atoms with Crippen LogP contribution in [-0.2, 0) is 0 Å². The molecular formula is C46H17FN8. The molecule has 5 aromatic rings. The highest BCUT2D eigenvalue weighted by Crippen LogP contribution is 2.56. The second-order valence-electron chi connectivity index (χ2n) is 12.2. The molecule has 0 unspecified atom stereocenters. The molecule has 0 N–H and O–H groups in total. The maximum atomic E-state index is 14.3. The molecule has 0 aliphatic heterocycles. The van der Waals surface area contributed by atoms with Crippen molar-refractivity contribution in [3.05, 3.63) is 210 Å². The first kappa shape index (κ1) is 34.4. The summed E-state index contributed by atoms with van der Waals surface area (Å²) in [7, 11) is 0. The van der Waals surface area contributed by atoms with Crippen LogP contribution in [0, 0.1) is 77.4 Å². The zero-order chi connectivity index (χ0) is 38.8. The molecule has 7 rings (SSSR count). The zero-order valence-corrected chi connectivity index (χ0v) is 28.3. The van der Waals surface area contributed by atoms with E-state index in [0.29, 0.717) is 55.7 Å². The van der Waals surface area contributed by atoms with Crippen molar-refractivity contribution in [3.8, 4) is 24.3 Å². The number of hydrogen-bond acceptors (Lipinski definition) is 4. The molecule has 0 spiro atoms. The van der Waals surface area contributed by atoms with Gasteiger partial charge in [0.2, 0.25) is 11.4 Å². The molecule has 0 heterocycles.